The number of piperidine rings is 1. The molecular weight excluding hydrogens is 228 g/mol. The lowest BCUT2D eigenvalue weighted by atomic mass is 9.94. The molecule has 1 saturated heterocycles. The number of aromatic nitrogens is 2. The molecule has 100 valence electrons. The van der Waals surface area contributed by atoms with Gasteiger partial charge >= 0.3 is 0 Å². The third-order valence-electron chi connectivity index (χ3n) is 3.54. The van der Waals surface area contributed by atoms with Crippen LogP contribution in [0.3, 0.4) is 0 Å². The van der Waals surface area contributed by atoms with E-state index in [1.54, 1.807) is 6.20 Å². The van der Waals surface area contributed by atoms with Gasteiger partial charge in [0, 0.05) is 12.0 Å². The molecule has 0 spiro atoms. The van der Waals surface area contributed by atoms with Gasteiger partial charge in [-0.25, -0.2) is 0 Å². The van der Waals surface area contributed by atoms with E-state index < -0.39 is 0 Å². The Labute approximate surface area is 108 Å². The lowest BCUT2D eigenvalue weighted by Crippen LogP contribution is -2.30. The number of amides is 1. The second kappa shape index (κ2) is 6.54. The van der Waals surface area contributed by atoms with Crippen LogP contribution in [0.5, 0.6) is 0 Å². The van der Waals surface area contributed by atoms with Gasteiger partial charge in [0.25, 0.3) is 0 Å². The lowest BCUT2D eigenvalue weighted by Gasteiger charge is -2.22. The Morgan fingerprint density at radius 1 is 1.61 bits per heavy atom. The second-order valence-electron chi connectivity index (χ2n) is 4.92. The van der Waals surface area contributed by atoms with Crippen LogP contribution in [0, 0.1) is 5.92 Å². The number of carbonyl (C=O) groups is 1. The number of H-pyrrole nitrogens is 1. The van der Waals surface area contributed by atoms with E-state index in [2.05, 4.69) is 20.8 Å². The van der Waals surface area contributed by atoms with Gasteiger partial charge < -0.3 is 10.6 Å². The van der Waals surface area contributed by atoms with Crippen molar-refractivity contribution in [1.82, 2.24) is 15.5 Å². The third kappa shape index (κ3) is 3.57. The number of carbonyl (C=O) groups excluding carboxylic acids is 1. The molecule has 1 atom stereocenters. The van der Waals surface area contributed by atoms with Gasteiger partial charge in [-0.1, -0.05) is 6.92 Å². The molecule has 1 aromatic heterocycles. The van der Waals surface area contributed by atoms with Crippen LogP contribution in [0.15, 0.2) is 6.20 Å². The fraction of sp³-hybridized carbons (Fsp3) is 0.692. The van der Waals surface area contributed by atoms with E-state index in [9.17, 15) is 4.79 Å². The number of anilines is 1. The maximum atomic E-state index is 11.8. The Balaban J connectivity index is 1.74. The molecule has 1 fully saturated rings. The molecule has 5 nitrogen and oxygen atoms in total. The van der Waals surface area contributed by atoms with Gasteiger partial charge in [-0.2, -0.15) is 5.10 Å². The summed E-state index contributed by atoms with van der Waals surface area (Å²) in [6.07, 6.45) is 6.67. The molecule has 3 N–H and O–H groups in total. The predicted molar refractivity (Wildman–Crippen MR) is 71.4 cm³/mol. The predicted octanol–water partition coefficient (Wildman–Crippen LogP) is 1.69. The highest BCUT2D eigenvalue weighted by molar-refractivity contribution is 5.90. The molecule has 2 heterocycles. The number of aromatic amines is 1. The number of hydrogen-bond acceptors (Lipinski definition) is 3. The molecule has 0 radical (unpaired) electrons. The summed E-state index contributed by atoms with van der Waals surface area (Å²) in [6, 6.07) is 0. The van der Waals surface area contributed by atoms with Crippen LogP contribution in [-0.4, -0.2) is 29.2 Å². The highest BCUT2D eigenvalue weighted by Crippen LogP contribution is 2.17. The Kier molecular flexibility index (Phi) is 4.75. The van der Waals surface area contributed by atoms with E-state index in [-0.39, 0.29) is 5.91 Å². The van der Waals surface area contributed by atoms with Crippen LogP contribution in [-0.2, 0) is 11.2 Å². The van der Waals surface area contributed by atoms with Gasteiger partial charge in [-0.3, -0.25) is 9.89 Å². The summed E-state index contributed by atoms with van der Waals surface area (Å²) in [6.45, 7) is 4.22. The quantitative estimate of drug-likeness (QED) is 0.745. The number of rotatable bonds is 5. The minimum absolute atomic E-state index is 0.0829. The van der Waals surface area contributed by atoms with Gasteiger partial charge in [0.15, 0.2) is 0 Å². The van der Waals surface area contributed by atoms with Crippen LogP contribution in [0.4, 0.5) is 5.82 Å². The van der Waals surface area contributed by atoms with Crippen molar-refractivity contribution in [2.45, 2.75) is 39.0 Å². The Morgan fingerprint density at radius 2 is 2.50 bits per heavy atom. The van der Waals surface area contributed by atoms with E-state index in [0.717, 1.165) is 37.3 Å². The van der Waals surface area contributed by atoms with Crippen molar-refractivity contribution in [1.29, 1.82) is 0 Å². The zero-order valence-electron chi connectivity index (χ0n) is 11.0. The first-order chi connectivity index (χ1) is 8.79. The summed E-state index contributed by atoms with van der Waals surface area (Å²) in [4.78, 5) is 11.8. The minimum atomic E-state index is 0.0829. The monoisotopic (exact) mass is 250 g/mol. The zero-order chi connectivity index (χ0) is 12.8. The lowest BCUT2D eigenvalue weighted by molar-refractivity contribution is -0.116. The second-order valence-corrected chi connectivity index (χ2v) is 4.92. The maximum Gasteiger partial charge on any atom is 0.225 e. The van der Waals surface area contributed by atoms with Crippen molar-refractivity contribution in [2.24, 2.45) is 5.92 Å². The zero-order valence-corrected chi connectivity index (χ0v) is 11.0. The molecule has 5 heteroatoms. The number of aryl methyl sites for hydroxylation is 1. The molecule has 0 aromatic carbocycles. The molecule has 1 aromatic rings. The summed E-state index contributed by atoms with van der Waals surface area (Å²) >= 11 is 0. The van der Waals surface area contributed by atoms with Crippen LogP contribution in [0.2, 0.25) is 0 Å². The third-order valence-corrected chi connectivity index (χ3v) is 3.54. The standard InChI is InChI=1S/C13H22N4O/c1-2-11-9-15-17-13(11)16-12(18)6-5-10-4-3-7-14-8-10/h9-10,14H,2-8H2,1H3,(H2,15,16,17,18). The highest BCUT2D eigenvalue weighted by atomic mass is 16.1. The van der Waals surface area contributed by atoms with Crippen molar-refractivity contribution in [3.05, 3.63) is 11.8 Å². The average molecular weight is 250 g/mol. The van der Waals surface area contributed by atoms with Gasteiger partial charge in [0.05, 0.1) is 6.20 Å². The van der Waals surface area contributed by atoms with E-state index in [1.807, 2.05) is 6.92 Å². The highest BCUT2D eigenvalue weighted by Gasteiger charge is 2.15. The molecule has 1 aliphatic heterocycles. The van der Waals surface area contributed by atoms with E-state index in [1.165, 1.54) is 12.8 Å². The molecule has 1 aliphatic rings. The summed E-state index contributed by atoms with van der Waals surface area (Å²) in [5, 5.41) is 13.1. The molecule has 2 rings (SSSR count). The first kappa shape index (κ1) is 13.1. The van der Waals surface area contributed by atoms with E-state index >= 15 is 0 Å². The van der Waals surface area contributed by atoms with Gasteiger partial charge in [-0.05, 0) is 44.7 Å². The molecule has 0 bridgehead atoms. The summed E-state index contributed by atoms with van der Waals surface area (Å²) < 4.78 is 0. The van der Waals surface area contributed by atoms with E-state index in [0.29, 0.717) is 12.3 Å². The smallest absolute Gasteiger partial charge is 0.225 e. The van der Waals surface area contributed by atoms with Gasteiger partial charge in [-0.15, -0.1) is 0 Å². The maximum absolute atomic E-state index is 11.8. The molecule has 0 saturated carbocycles. The number of nitrogens with one attached hydrogen (secondary N) is 3. The van der Waals surface area contributed by atoms with Gasteiger partial charge in [0.1, 0.15) is 5.82 Å². The van der Waals surface area contributed by atoms with Crippen molar-refractivity contribution in [2.75, 3.05) is 18.4 Å². The van der Waals surface area contributed by atoms with Crippen LogP contribution in [0.1, 0.15) is 38.2 Å². The molecule has 1 unspecified atom stereocenters. The average Bonchev–Trinajstić information content (AvgIpc) is 2.85. The van der Waals surface area contributed by atoms with E-state index in [4.69, 9.17) is 0 Å². The van der Waals surface area contributed by atoms with Crippen LogP contribution < -0.4 is 10.6 Å². The Hall–Kier alpha value is -1.36. The molecule has 1 amide bonds. The van der Waals surface area contributed by atoms with Crippen molar-refractivity contribution in [3.63, 3.8) is 0 Å². The topological polar surface area (TPSA) is 69.8 Å². The number of hydrogen-bond donors (Lipinski definition) is 3. The molecule has 0 aliphatic carbocycles. The normalized spacial score (nSPS) is 19.7. The fourth-order valence-corrected chi connectivity index (χ4v) is 2.39. The first-order valence-electron chi connectivity index (χ1n) is 6.82. The van der Waals surface area contributed by atoms with Crippen molar-refractivity contribution in [3.8, 4) is 0 Å². The molecular formula is C13H22N4O. The first-order valence-corrected chi connectivity index (χ1v) is 6.82. The Morgan fingerprint density at radius 3 is 3.22 bits per heavy atom. The number of nitrogens with zero attached hydrogens (tertiary/aromatic N) is 1. The van der Waals surface area contributed by atoms with Crippen molar-refractivity contribution < 1.29 is 4.79 Å². The molecule has 18 heavy (non-hydrogen) atoms. The summed E-state index contributed by atoms with van der Waals surface area (Å²) in [5.41, 5.74) is 1.06. The Bertz CT molecular complexity index is 382. The summed E-state index contributed by atoms with van der Waals surface area (Å²) in [5.74, 6) is 1.49. The van der Waals surface area contributed by atoms with Crippen LogP contribution >= 0.6 is 0 Å². The van der Waals surface area contributed by atoms with Crippen LogP contribution in [0.25, 0.3) is 0 Å². The minimum Gasteiger partial charge on any atom is -0.316 e. The summed E-state index contributed by atoms with van der Waals surface area (Å²) in [7, 11) is 0. The van der Waals surface area contributed by atoms with Gasteiger partial charge in [0.2, 0.25) is 5.91 Å². The fourth-order valence-electron chi connectivity index (χ4n) is 2.39. The van der Waals surface area contributed by atoms with Crippen molar-refractivity contribution >= 4 is 11.7 Å². The SMILES string of the molecule is CCc1cn[nH]c1NC(=O)CCC1CCCNC1. The largest absolute Gasteiger partial charge is 0.316 e.